The van der Waals surface area contributed by atoms with E-state index in [0.717, 1.165) is 5.56 Å². The molecular weight excluding hydrogens is 583 g/mol. The van der Waals surface area contributed by atoms with Crippen molar-refractivity contribution in [2.24, 2.45) is 4.99 Å². The van der Waals surface area contributed by atoms with Crippen molar-refractivity contribution in [3.8, 4) is 5.75 Å². The van der Waals surface area contributed by atoms with Crippen molar-refractivity contribution < 1.29 is 19.0 Å². The number of thiazole rings is 1. The second-order valence-corrected chi connectivity index (χ2v) is 11.1. The van der Waals surface area contributed by atoms with Gasteiger partial charge in [0, 0.05) is 17.2 Å². The van der Waals surface area contributed by atoms with Crippen molar-refractivity contribution in [2.75, 3.05) is 20.3 Å². The minimum Gasteiger partial charge on any atom is -0.489 e. The van der Waals surface area contributed by atoms with Gasteiger partial charge in [-0.2, -0.15) is 0 Å². The lowest BCUT2D eigenvalue weighted by molar-refractivity contribution is -0.140. The lowest BCUT2D eigenvalue weighted by Gasteiger charge is -2.25. The minimum atomic E-state index is -0.757. The van der Waals surface area contributed by atoms with Crippen LogP contribution in [0.3, 0.4) is 0 Å². The highest BCUT2D eigenvalue weighted by Gasteiger charge is 2.33. The van der Waals surface area contributed by atoms with Crippen LogP contribution in [-0.2, 0) is 20.9 Å². The lowest BCUT2D eigenvalue weighted by atomic mass is 9.96. The Hall–Kier alpha value is -3.69. The number of nitrogens with zero attached hydrogens (tertiary/aromatic N) is 2. The van der Waals surface area contributed by atoms with Crippen LogP contribution in [0.4, 0.5) is 0 Å². The second-order valence-electron chi connectivity index (χ2n) is 9.22. The van der Waals surface area contributed by atoms with Gasteiger partial charge in [-0.25, -0.2) is 9.79 Å². The average molecular weight is 610 g/mol. The van der Waals surface area contributed by atoms with E-state index in [-0.39, 0.29) is 24.3 Å². The maximum absolute atomic E-state index is 13.8. The molecule has 10 heteroatoms. The molecule has 1 aliphatic heterocycles. The summed E-state index contributed by atoms with van der Waals surface area (Å²) in [5.74, 6) is 0.0973. The van der Waals surface area contributed by atoms with Crippen molar-refractivity contribution in [2.45, 2.75) is 19.6 Å². The first-order valence-corrected chi connectivity index (χ1v) is 14.3. The molecule has 0 aliphatic carbocycles. The molecule has 1 atom stereocenters. The van der Waals surface area contributed by atoms with E-state index in [1.54, 1.807) is 31.2 Å². The molecule has 0 radical (unpaired) electrons. The Labute approximate surface area is 250 Å². The SMILES string of the molecule is COCCOC(=O)C1=C(C)N=c2sc(=Cc3ccc(Cl)cc3Cl)c(=O)n2C1c1ccc(OCc2ccccc2)cc1. The number of esters is 1. The van der Waals surface area contributed by atoms with Gasteiger partial charge in [0.2, 0.25) is 0 Å². The second kappa shape index (κ2) is 12.9. The fourth-order valence-corrected chi connectivity index (χ4v) is 5.94. The summed E-state index contributed by atoms with van der Waals surface area (Å²) in [5.41, 5.74) is 2.85. The molecule has 0 saturated carbocycles. The number of aromatic nitrogens is 1. The molecule has 2 heterocycles. The maximum Gasteiger partial charge on any atom is 0.338 e. The van der Waals surface area contributed by atoms with E-state index in [2.05, 4.69) is 4.99 Å². The number of benzene rings is 3. The number of halogens is 2. The van der Waals surface area contributed by atoms with Crippen molar-refractivity contribution in [1.29, 1.82) is 0 Å². The number of carbonyl (C=O) groups is 1. The van der Waals surface area contributed by atoms with Gasteiger partial charge in [-0.3, -0.25) is 9.36 Å². The van der Waals surface area contributed by atoms with Crippen LogP contribution in [0.1, 0.15) is 29.7 Å². The lowest BCUT2D eigenvalue weighted by Crippen LogP contribution is -2.40. The molecule has 41 heavy (non-hydrogen) atoms. The topological polar surface area (TPSA) is 79.1 Å². The van der Waals surface area contributed by atoms with Crippen LogP contribution in [0.25, 0.3) is 6.08 Å². The van der Waals surface area contributed by atoms with E-state index in [1.165, 1.54) is 23.0 Å². The number of allylic oxidation sites excluding steroid dienone is 1. The molecule has 1 aliphatic rings. The number of methoxy groups -OCH3 is 1. The van der Waals surface area contributed by atoms with Gasteiger partial charge in [-0.15, -0.1) is 0 Å². The maximum atomic E-state index is 13.8. The minimum absolute atomic E-state index is 0.0740. The number of ether oxygens (including phenoxy) is 3. The Bertz CT molecular complexity index is 1780. The Balaban J connectivity index is 1.56. The van der Waals surface area contributed by atoms with Gasteiger partial charge in [0.25, 0.3) is 5.56 Å². The Morgan fingerprint density at radius 2 is 1.80 bits per heavy atom. The summed E-state index contributed by atoms with van der Waals surface area (Å²) in [6, 6.07) is 21.5. The molecule has 0 spiro atoms. The zero-order chi connectivity index (χ0) is 28.9. The molecule has 1 aromatic heterocycles. The molecule has 4 aromatic rings. The molecule has 3 aromatic carbocycles. The smallest absolute Gasteiger partial charge is 0.338 e. The number of hydrogen-bond acceptors (Lipinski definition) is 7. The summed E-state index contributed by atoms with van der Waals surface area (Å²) in [4.78, 5) is 32.2. The summed E-state index contributed by atoms with van der Waals surface area (Å²) in [5, 5.41) is 0.918. The van der Waals surface area contributed by atoms with Gasteiger partial charge in [0.05, 0.1) is 28.5 Å². The highest BCUT2D eigenvalue weighted by Crippen LogP contribution is 2.32. The Kier molecular flexibility index (Phi) is 9.05. The van der Waals surface area contributed by atoms with Gasteiger partial charge in [0.15, 0.2) is 4.80 Å². The van der Waals surface area contributed by atoms with E-state index in [1.807, 2.05) is 54.6 Å². The third-order valence-electron chi connectivity index (χ3n) is 6.46. The number of hydrogen-bond donors (Lipinski definition) is 0. The van der Waals surface area contributed by atoms with Crippen LogP contribution < -0.4 is 19.6 Å². The van der Waals surface area contributed by atoms with Gasteiger partial charge >= 0.3 is 5.97 Å². The van der Waals surface area contributed by atoms with Crippen molar-refractivity contribution >= 4 is 46.6 Å². The fraction of sp³-hybridized carbons (Fsp3) is 0.194. The Morgan fingerprint density at radius 3 is 2.51 bits per heavy atom. The first-order valence-electron chi connectivity index (χ1n) is 12.8. The first-order chi connectivity index (χ1) is 19.9. The molecule has 0 bridgehead atoms. The molecular formula is C31H26Cl2N2O5S. The third kappa shape index (κ3) is 6.47. The molecule has 1 unspecified atom stereocenters. The summed E-state index contributed by atoms with van der Waals surface area (Å²) in [7, 11) is 1.53. The summed E-state index contributed by atoms with van der Waals surface area (Å²) < 4.78 is 18.4. The van der Waals surface area contributed by atoms with Gasteiger partial charge in [-0.1, -0.05) is 83.1 Å². The molecule has 0 N–H and O–H groups in total. The molecule has 7 nitrogen and oxygen atoms in total. The highest BCUT2D eigenvalue weighted by atomic mass is 35.5. The van der Waals surface area contributed by atoms with Crippen molar-refractivity contribution in [3.05, 3.63) is 130 Å². The van der Waals surface area contributed by atoms with E-state index in [0.29, 0.717) is 48.6 Å². The van der Waals surface area contributed by atoms with E-state index < -0.39 is 12.0 Å². The predicted octanol–water partition coefficient (Wildman–Crippen LogP) is 5.31. The zero-order valence-corrected chi connectivity index (χ0v) is 24.6. The summed E-state index contributed by atoms with van der Waals surface area (Å²) >= 11 is 13.6. The summed E-state index contributed by atoms with van der Waals surface area (Å²) in [6.07, 6.45) is 1.70. The molecule has 0 amide bonds. The standard InChI is InChI=1S/C31H26Cl2N2O5S/c1-19-27(30(37)39-15-14-38-2)28(21-9-12-24(13-10-21)40-18-20-6-4-3-5-7-20)35-29(36)26(41-31(35)34-19)16-22-8-11-23(32)17-25(22)33/h3-13,16-17,28H,14-15,18H2,1-2H3. The van der Waals surface area contributed by atoms with Crippen molar-refractivity contribution in [3.63, 3.8) is 0 Å². The van der Waals surface area contributed by atoms with E-state index in [9.17, 15) is 9.59 Å². The van der Waals surface area contributed by atoms with Gasteiger partial charge < -0.3 is 14.2 Å². The molecule has 210 valence electrons. The van der Waals surface area contributed by atoms with Crippen LogP contribution in [0.2, 0.25) is 10.0 Å². The number of fused-ring (bicyclic) bond motifs is 1. The van der Waals surface area contributed by atoms with Crippen molar-refractivity contribution in [1.82, 2.24) is 4.57 Å². The first kappa shape index (κ1) is 28.8. The highest BCUT2D eigenvalue weighted by molar-refractivity contribution is 7.07. The molecule has 0 fully saturated rings. The molecule has 0 saturated heterocycles. The van der Waals surface area contributed by atoms with Gasteiger partial charge in [-0.05, 0) is 54.0 Å². The normalized spacial score (nSPS) is 14.9. The van der Waals surface area contributed by atoms with Crippen LogP contribution in [0.5, 0.6) is 5.75 Å². The monoisotopic (exact) mass is 608 g/mol. The van der Waals surface area contributed by atoms with Crippen LogP contribution >= 0.6 is 34.5 Å². The zero-order valence-electron chi connectivity index (χ0n) is 22.3. The van der Waals surface area contributed by atoms with Crippen LogP contribution in [-0.4, -0.2) is 30.9 Å². The Morgan fingerprint density at radius 1 is 1.05 bits per heavy atom. The number of rotatable bonds is 9. The van der Waals surface area contributed by atoms with Crippen LogP contribution in [0.15, 0.2) is 93.9 Å². The van der Waals surface area contributed by atoms with Gasteiger partial charge in [0.1, 0.15) is 19.0 Å². The average Bonchev–Trinajstić information content (AvgIpc) is 3.27. The van der Waals surface area contributed by atoms with Crippen LogP contribution in [0, 0.1) is 0 Å². The fourth-order valence-electron chi connectivity index (χ4n) is 4.44. The summed E-state index contributed by atoms with van der Waals surface area (Å²) in [6.45, 7) is 2.48. The number of carbonyl (C=O) groups excluding carboxylic acids is 1. The van der Waals surface area contributed by atoms with E-state index in [4.69, 9.17) is 37.4 Å². The quantitative estimate of drug-likeness (QED) is 0.190. The predicted molar refractivity (Wildman–Crippen MR) is 160 cm³/mol. The largest absolute Gasteiger partial charge is 0.489 e. The molecule has 5 rings (SSSR count). The third-order valence-corrected chi connectivity index (χ3v) is 8.00. The van der Waals surface area contributed by atoms with E-state index >= 15 is 0 Å².